The predicted octanol–water partition coefficient (Wildman–Crippen LogP) is 5.98. The highest BCUT2D eigenvalue weighted by Gasteiger charge is 2.38. The summed E-state index contributed by atoms with van der Waals surface area (Å²) in [6.45, 7) is 0. The molecule has 2 aromatic heterocycles. The van der Waals surface area contributed by atoms with Gasteiger partial charge < -0.3 is 0 Å². The normalized spacial score (nSPS) is 11.9. The zero-order valence-electron chi connectivity index (χ0n) is 12.8. The molecule has 0 fully saturated rings. The molecule has 2 heterocycles. The minimum Gasteiger partial charge on any atom is -0.255 e. The van der Waals surface area contributed by atoms with Crippen LogP contribution in [0.15, 0.2) is 47.7 Å². The van der Waals surface area contributed by atoms with E-state index in [1.165, 1.54) is 24.5 Å². The van der Waals surface area contributed by atoms with Crippen LogP contribution in [0.5, 0.6) is 0 Å². The quantitative estimate of drug-likeness (QED) is 0.420. The lowest BCUT2D eigenvalue weighted by molar-refractivity contribution is -0.140. The Kier molecular flexibility index (Phi) is 5.45. The summed E-state index contributed by atoms with van der Waals surface area (Å²) in [6, 6.07) is 9.52. The number of nitrogens with one attached hydrogen (secondary N) is 1. The highest BCUT2D eigenvalue weighted by atomic mass is 35.5. The molecule has 1 N–H and O–H groups in total. The number of hydrogen-bond acceptors (Lipinski definition) is 5. The Morgan fingerprint density at radius 1 is 1.15 bits per heavy atom. The fourth-order valence-corrected chi connectivity index (χ4v) is 3.36. The lowest BCUT2D eigenvalue weighted by Crippen LogP contribution is -2.07. The van der Waals surface area contributed by atoms with Crippen LogP contribution in [0, 0.1) is 0 Å². The van der Waals surface area contributed by atoms with E-state index in [1.807, 2.05) is 0 Å². The number of alkyl halides is 3. The molecule has 0 radical (unpaired) electrons. The molecule has 3 aromatic rings. The number of pyridine rings is 1. The number of hydrogen-bond donors (Lipinski definition) is 1. The van der Waals surface area contributed by atoms with Crippen molar-refractivity contribution in [1.82, 2.24) is 9.97 Å². The van der Waals surface area contributed by atoms with Gasteiger partial charge in [-0.2, -0.15) is 18.3 Å². The van der Waals surface area contributed by atoms with E-state index in [1.54, 1.807) is 24.3 Å². The Morgan fingerprint density at radius 3 is 2.62 bits per heavy atom. The summed E-state index contributed by atoms with van der Waals surface area (Å²) in [5.74, 6) is 0. The van der Waals surface area contributed by atoms with Crippen LogP contribution in [-0.4, -0.2) is 16.2 Å². The summed E-state index contributed by atoms with van der Waals surface area (Å²) in [5.41, 5.74) is 2.23. The minimum atomic E-state index is -4.60. The molecule has 0 aliphatic heterocycles. The molecule has 0 bridgehead atoms. The monoisotopic (exact) mass is 416 g/mol. The SMILES string of the molecule is FC(F)(F)c1nc(N/N=C/c2ccc(Cl)cc2Cl)sc1-c1ccccn1. The third kappa shape index (κ3) is 4.32. The Hall–Kier alpha value is -2.16. The Bertz CT molecular complexity index is 942. The molecule has 0 aliphatic rings. The highest BCUT2D eigenvalue weighted by Crippen LogP contribution is 2.41. The number of thiazole rings is 1. The lowest BCUT2D eigenvalue weighted by atomic mass is 10.2. The van der Waals surface area contributed by atoms with E-state index in [4.69, 9.17) is 23.2 Å². The van der Waals surface area contributed by atoms with Gasteiger partial charge in [0.1, 0.15) is 0 Å². The second-order valence-corrected chi connectivity index (χ2v) is 6.79. The largest absolute Gasteiger partial charge is 0.434 e. The van der Waals surface area contributed by atoms with Crippen LogP contribution >= 0.6 is 34.5 Å². The number of anilines is 1. The van der Waals surface area contributed by atoms with Crippen molar-refractivity contribution in [3.8, 4) is 10.6 Å². The minimum absolute atomic E-state index is 0.0145. The molecular weight excluding hydrogens is 408 g/mol. The van der Waals surface area contributed by atoms with Gasteiger partial charge in [0.15, 0.2) is 5.69 Å². The average molecular weight is 417 g/mol. The predicted molar refractivity (Wildman–Crippen MR) is 98.0 cm³/mol. The summed E-state index contributed by atoms with van der Waals surface area (Å²) in [5, 5.41) is 4.71. The van der Waals surface area contributed by atoms with Gasteiger partial charge in [-0.25, -0.2) is 4.98 Å². The molecule has 10 heteroatoms. The number of nitrogens with zero attached hydrogens (tertiary/aromatic N) is 3. The topological polar surface area (TPSA) is 50.2 Å². The first-order chi connectivity index (χ1) is 12.3. The summed E-state index contributed by atoms with van der Waals surface area (Å²) < 4.78 is 39.7. The van der Waals surface area contributed by atoms with Crippen LogP contribution in [0.1, 0.15) is 11.3 Å². The summed E-state index contributed by atoms with van der Waals surface area (Å²) in [6.07, 6.45) is -1.82. The third-order valence-corrected chi connectivity index (χ3v) is 4.66. The van der Waals surface area contributed by atoms with Crippen LogP contribution in [-0.2, 0) is 6.18 Å². The van der Waals surface area contributed by atoms with E-state index in [0.29, 0.717) is 15.6 Å². The lowest BCUT2D eigenvalue weighted by Gasteiger charge is -2.04. The number of benzene rings is 1. The van der Waals surface area contributed by atoms with Crippen molar-refractivity contribution in [3.63, 3.8) is 0 Å². The van der Waals surface area contributed by atoms with Crippen LogP contribution in [0.25, 0.3) is 10.6 Å². The second kappa shape index (κ2) is 7.61. The zero-order chi connectivity index (χ0) is 18.7. The molecule has 0 unspecified atom stereocenters. The second-order valence-electron chi connectivity index (χ2n) is 4.95. The molecule has 3 rings (SSSR count). The van der Waals surface area contributed by atoms with Crippen molar-refractivity contribution in [1.29, 1.82) is 0 Å². The molecular formula is C16H9Cl2F3N4S. The molecule has 0 saturated carbocycles. The van der Waals surface area contributed by atoms with Crippen molar-refractivity contribution >= 4 is 45.9 Å². The van der Waals surface area contributed by atoms with E-state index < -0.39 is 11.9 Å². The molecule has 0 aliphatic carbocycles. The maximum Gasteiger partial charge on any atom is 0.434 e. The van der Waals surface area contributed by atoms with Crippen LogP contribution < -0.4 is 5.43 Å². The van der Waals surface area contributed by atoms with Gasteiger partial charge in [-0.1, -0.05) is 46.7 Å². The van der Waals surface area contributed by atoms with Gasteiger partial charge in [-0.3, -0.25) is 10.4 Å². The Morgan fingerprint density at radius 2 is 1.96 bits per heavy atom. The van der Waals surface area contributed by atoms with Gasteiger partial charge in [0.05, 0.1) is 21.8 Å². The van der Waals surface area contributed by atoms with Crippen molar-refractivity contribution < 1.29 is 13.2 Å². The molecule has 26 heavy (non-hydrogen) atoms. The Labute approximate surface area is 160 Å². The number of hydrazone groups is 1. The van der Waals surface area contributed by atoms with Crippen LogP contribution in [0.4, 0.5) is 18.3 Å². The summed E-state index contributed by atoms with van der Waals surface area (Å²) in [7, 11) is 0. The van der Waals surface area contributed by atoms with E-state index >= 15 is 0 Å². The van der Waals surface area contributed by atoms with Gasteiger partial charge in [0.25, 0.3) is 0 Å². The van der Waals surface area contributed by atoms with Crippen LogP contribution in [0.3, 0.4) is 0 Å². The smallest absolute Gasteiger partial charge is 0.255 e. The van der Waals surface area contributed by atoms with Crippen molar-refractivity contribution in [2.45, 2.75) is 6.18 Å². The van der Waals surface area contributed by atoms with Crippen molar-refractivity contribution in [3.05, 3.63) is 63.9 Å². The standard InChI is InChI=1S/C16H9Cl2F3N4S/c17-10-5-4-9(11(18)7-10)8-23-25-15-24-14(16(19,20)21)13(26-15)12-3-1-2-6-22-12/h1-8H,(H,24,25)/b23-8+. The summed E-state index contributed by atoms with van der Waals surface area (Å²) >= 11 is 12.6. The van der Waals surface area contributed by atoms with Gasteiger partial charge in [0.2, 0.25) is 5.13 Å². The number of rotatable bonds is 4. The zero-order valence-corrected chi connectivity index (χ0v) is 15.1. The van der Waals surface area contributed by atoms with Crippen LogP contribution in [0.2, 0.25) is 10.0 Å². The molecule has 0 saturated heterocycles. The molecule has 0 spiro atoms. The van der Waals surface area contributed by atoms with E-state index in [0.717, 1.165) is 11.3 Å². The average Bonchev–Trinajstić information content (AvgIpc) is 3.02. The third-order valence-electron chi connectivity index (χ3n) is 3.12. The number of halogens is 5. The van der Waals surface area contributed by atoms with Gasteiger partial charge in [-0.05, 0) is 24.3 Å². The first-order valence-electron chi connectivity index (χ1n) is 7.08. The van der Waals surface area contributed by atoms with E-state index in [2.05, 4.69) is 20.5 Å². The van der Waals surface area contributed by atoms with Crippen molar-refractivity contribution in [2.24, 2.45) is 5.10 Å². The molecule has 0 atom stereocenters. The summed E-state index contributed by atoms with van der Waals surface area (Å²) in [4.78, 5) is 7.48. The first kappa shape index (κ1) is 18.6. The van der Waals surface area contributed by atoms with E-state index in [9.17, 15) is 13.2 Å². The molecule has 134 valence electrons. The first-order valence-corrected chi connectivity index (χ1v) is 8.65. The molecule has 0 amide bonds. The maximum absolute atomic E-state index is 13.2. The number of aromatic nitrogens is 2. The van der Waals surface area contributed by atoms with E-state index in [-0.39, 0.29) is 15.7 Å². The molecule has 4 nitrogen and oxygen atoms in total. The fourth-order valence-electron chi connectivity index (χ4n) is 1.99. The Balaban J connectivity index is 1.87. The fraction of sp³-hybridized carbons (Fsp3) is 0.0625. The maximum atomic E-state index is 13.2. The van der Waals surface area contributed by atoms with Crippen molar-refractivity contribution in [2.75, 3.05) is 5.43 Å². The molecule has 1 aromatic carbocycles. The highest BCUT2D eigenvalue weighted by molar-refractivity contribution is 7.19. The van der Waals surface area contributed by atoms with Gasteiger partial charge in [-0.15, -0.1) is 0 Å². The van der Waals surface area contributed by atoms with Gasteiger partial charge in [0, 0.05) is 16.8 Å². The van der Waals surface area contributed by atoms with Gasteiger partial charge >= 0.3 is 6.18 Å².